The van der Waals surface area contributed by atoms with Crippen molar-refractivity contribution in [3.63, 3.8) is 0 Å². The highest BCUT2D eigenvalue weighted by molar-refractivity contribution is 6.36. The first-order valence-corrected chi connectivity index (χ1v) is 11.0. The molecule has 4 rings (SSSR count). The molecule has 0 aliphatic heterocycles. The van der Waals surface area contributed by atoms with E-state index in [1.165, 1.54) is 22.8 Å². The van der Waals surface area contributed by atoms with Crippen LogP contribution >= 0.6 is 0 Å². The maximum Gasteiger partial charge on any atom is 0.416 e. The minimum absolute atomic E-state index is 0.0520. The SMILES string of the molecule is Cc1cc[n+](C2=C(Nc3cccc(C(F)(F)F)c3)C(=O)c3ccccc3C2=O)cc1.[O-][Cl+3]([O-])([O-])[O-]. The third-order valence-electron chi connectivity index (χ3n) is 4.81. The van der Waals surface area contributed by atoms with Crippen molar-refractivity contribution >= 4 is 23.0 Å². The molecule has 8 nitrogen and oxygen atoms in total. The summed E-state index contributed by atoms with van der Waals surface area (Å²) in [5.74, 6) is -0.862. The Balaban J connectivity index is 0.000000623. The number of fused-ring (bicyclic) bond motifs is 1. The molecule has 3 aromatic rings. The molecule has 0 bridgehead atoms. The second kappa shape index (κ2) is 9.94. The number of Topliss-reactive ketones (excluding diaryl/α,β-unsaturated/α-hetero) is 2. The number of nitrogens with one attached hydrogen (secondary N) is 1. The van der Waals surface area contributed by atoms with Gasteiger partial charge in [0.15, 0.2) is 18.1 Å². The van der Waals surface area contributed by atoms with Gasteiger partial charge in [0.25, 0.3) is 11.5 Å². The summed E-state index contributed by atoms with van der Waals surface area (Å²) in [5.41, 5.74) is 0.587. The van der Waals surface area contributed by atoms with Crippen LogP contribution in [0.1, 0.15) is 31.8 Å². The van der Waals surface area contributed by atoms with Gasteiger partial charge >= 0.3 is 6.18 Å². The number of hydrogen-bond acceptors (Lipinski definition) is 7. The fraction of sp³-hybridized carbons (Fsp3) is 0.0870. The maximum absolute atomic E-state index is 13.2. The highest BCUT2D eigenvalue weighted by atomic mass is 35.7. The number of hydrogen-bond donors (Lipinski definition) is 1. The zero-order valence-electron chi connectivity index (χ0n) is 17.8. The average molecular weight is 509 g/mol. The number of halogens is 4. The van der Waals surface area contributed by atoms with Crippen LogP contribution in [0.4, 0.5) is 18.9 Å². The minimum Gasteiger partial charge on any atom is -0.347 e. The molecule has 182 valence electrons. The summed E-state index contributed by atoms with van der Waals surface area (Å²) in [6.07, 6.45) is -1.26. The molecule has 35 heavy (non-hydrogen) atoms. The van der Waals surface area contributed by atoms with Crippen LogP contribution in [0.2, 0.25) is 0 Å². The number of alkyl halides is 3. The van der Waals surface area contributed by atoms with Crippen molar-refractivity contribution in [1.82, 2.24) is 0 Å². The van der Waals surface area contributed by atoms with Gasteiger partial charge < -0.3 is 5.32 Å². The number of nitrogens with zero attached hydrogens (tertiary/aromatic N) is 1. The van der Waals surface area contributed by atoms with Crippen molar-refractivity contribution in [2.24, 2.45) is 0 Å². The average Bonchev–Trinajstić information content (AvgIpc) is 2.77. The summed E-state index contributed by atoms with van der Waals surface area (Å²) in [6, 6.07) is 14.4. The van der Waals surface area contributed by atoms with Crippen LogP contribution in [0, 0.1) is 17.2 Å². The minimum atomic E-state index is -4.94. The van der Waals surface area contributed by atoms with E-state index in [1.54, 1.807) is 42.7 Å². The van der Waals surface area contributed by atoms with Crippen LogP contribution < -0.4 is 28.5 Å². The third kappa shape index (κ3) is 6.50. The Hall–Kier alpha value is -3.61. The molecule has 2 aromatic carbocycles. The van der Waals surface area contributed by atoms with E-state index >= 15 is 0 Å². The lowest BCUT2D eigenvalue weighted by molar-refractivity contribution is -2.00. The zero-order chi connectivity index (χ0) is 26.0. The number of allylic oxidation sites excluding steroid dienone is 2. The number of benzene rings is 2. The smallest absolute Gasteiger partial charge is 0.347 e. The first-order valence-electron chi connectivity index (χ1n) is 9.73. The summed E-state index contributed by atoms with van der Waals surface area (Å²) in [7, 11) is -4.94. The third-order valence-corrected chi connectivity index (χ3v) is 4.81. The Morgan fingerprint density at radius 3 is 1.91 bits per heavy atom. The Morgan fingerprint density at radius 1 is 0.829 bits per heavy atom. The standard InChI is InChI=1S/C23H15F3N2O2.ClHO4/c1-14-9-11-28(12-10-14)20-19(21(29)17-7-2-3-8-18(17)22(20)30)27-16-6-4-5-15(13-16)23(24,25)26;2-1(3,4)5/h2-13H,1H3;(H,2,3,4,5). The second-order valence-corrected chi connectivity index (χ2v) is 8.05. The summed E-state index contributed by atoms with van der Waals surface area (Å²) in [5, 5.41) is 2.77. The number of aryl methyl sites for hydroxylation is 1. The predicted octanol–water partition coefficient (Wildman–Crippen LogP) is -0.0948. The molecule has 1 heterocycles. The van der Waals surface area contributed by atoms with Crippen molar-refractivity contribution in [1.29, 1.82) is 0 Å². The lowest BCUT2D eigenvalue weighted by atomic mass is 9.90. The van der Waals surface area contributed by atoms with Crippen LogP contribution in [-0.4, -0.2) is 11.6 Å². The van der Waals surface area contributed by atoms with Gasteiger partial charge in [0.2, 0.25) is 5.78 Å². The first kappa shape index (κ1) is 26.0. The lowest BCUT2D eigenvalue weighted by Gasteiger charge is -2.19. The number of ketones is 2. The van der Waals surface area contributed by atoms with E-state index in [2.05, 4.69) is 5.32 Å². The number of aromatic nitrogens is 1. The maximum atomic E-state index is 13.2. The van der Waals surface area contributed by atoms with E-state index in [9.17, 15) is 22.8 Å². The van der Waals surface area contributed by atoms with Crippen LogP contribution in [0.3, 0.4) is 0 Å². The largest absolute Gasteiger partial charge is 0.416 e. The second-order valence-electron chi connectivity index (χ2n) is 7.29. The number of carbonyl (C=O) groups is 2. The van der Waals surface area contributed by atoms with E-state index < -0.39 is 33.5 Å². The molecule has 1 aromatic heterocycles. The molecule has 0 amide bonds. The predicted molar refractivity (Wildman–Crippen MR) is 105 cm³/mol. The van der Waals surface area contributed by atoms with E-state index in [1.807, 2.05) is 6.92 Å². The first-order chi connectivity index (χ1) is 16.3. The highest BCUT2D eigenvalue weighted by Crippen LogP contribution is 2.32. The number of pyridine rings is 1. The number of anilines is 1. The van der Waals surface area contributed by atoms with Gasteiger partial charge in [-0.05, 0) is 30.7 Å². The molecular weight excluding hydrogens is 493 g/mol. The molecular formula is C23H16ClF3N2O6. The van der Waals surface area contributed by atoms with Gasteiger partial charge in [0.05, 0.1) is 5.56 Å². The van der Waals surface area contributed by atoms with Gasteiger partial charge in [-0.25, -0.2) is 18.6 Å². The van der Waals surface area contributed by atoms with E-state index in [-0.39, 0.29) is 28.2 Å². The summed E-state index contributed by atoms with van der Waals surface area (Å²) in [6.45, 7) is 1.88. The molecule has 0 spiro atoms. The van der Waals surface area contributed by atoms with Gasteiger partial charge in [-0.1, -0.05) is 30.3 Å². The van der Waals surface area contributed by atoms with Crippen LogP contribution in [-0.2, 0) is 6.18 Å². The van der Waals surface area contributed by atoms with Crippen LogP contribution in [0.15, 0.2) is 78.8 Å². The lowest BCUT2D eigenvalue weighted by Crippen LogP contribution is -2.68. The van der Waals surface area contributed by atoms with Gasteiger partial charge in [-0.2, -0.15) is 17.7 Å². The highest BCUT2D eigenvalue weighted by Gasteiger charge is 2.39. The molecule has 0 atom stereocenters. The zero-order valence-corrected chi connectivity index (χ0v) is 18.6. The van der Waals surface area contributed by atoms with E-state index in [0.29, 0.717) is 0 Å². The van der Waals surface area contributed by atoms with Crippen molar-refractivity contribution < 1.29 is 56.2 Å². The fourth-order valence-electron chi connectivity index (χ4n) is 3.29. The van der Waals surface area contributed by atoms with Crippen molar-refractivity contribution in [3.05, 3.63) is 101 Å². The molecule has 12 heteroatoms. The van der Waals surface area contributed by atoms with E-state index in [4.69, 9.17) is 18.6 Å². The van der Waals surface area contributed by atoms with Gasteiger partial charge in [0, 0.05) is 28.9 Å². The molecule has 0 fully saturated rings. The van der Waals surface area contributed by atoms with Gasteiger partial charge in [-0.3, -0.25) is 9.59 Å². The summed E-state index contributed by atoms with van der Waals surface area (Å²) in [4.78, 5) is 26.4. The normalized spacial score (nSPS) is 13.7. The van der Waals surface area contributed by atoms with Crippen molar-refractivity contribution in [3.8, 4) is 0 Å². The monoisotopic (exact) mass is 508 g/mol. The van der Waals surface area contributed by atoms with Crippen LogP contribution in [0.25, 0.3) is 5.70 Å². The fourth-order valence-corrected chi connectivity index (χ4v) is 3.29. The Labute approximate surface area is 198 Å². The number of carbonyl (C=O) groups excluding carboxylic acids is 2. The van der Waals surface area contributed by atoms with Gasteiger partial charge in [0.1, 0.15) is 0 Å². The Kier molecular flexibility index (Phi) is 7.38. The molecule has 0 saturated heterocycles. The Morgan fingerprint density at radius 2 is 1.37 bits per heavy atom. The van der Waals surface area contributed by atoms with E-state index in [0.717, 1.165) is 17.7 Å². The summed E-state index contributed by atoms with van der Waals surface area (Å²) < 4.78 is 74.8. The quantitative estimate of drug-likeness (QED) is 0.487. The molecule has 0 saturated carbocycles. The molecule has 1 aliphatic rings. The molecule has 1 aliphatic carbocycles. The Bertz CT molecular complexity index is 1300. The van der Waals surface area contributed by atoms with Crippen molar-refractivity contribution in [2.45, 2.75) is 13.1 Å². The summed E-state index contributed by atoms with van der Waals surface area (Å²) >= 11 is 0. The molecule has 0 radical (unpaired) electrons. The van der Waals surface area contributed by atoms with Gasteiger partial charge in [-0.15, -0.1) is 10.2 Å². The number of rotatable bonds is 3. The molecule has 1 N–H and O–H groups in total. The topological polar surface area (TPSA) is 142 Å². The molecule has 0 unspecified atom stereocenters. The van der Waals surface area contributed by atoms with Crippen molar-refractivity contribution in [2.75, 3.05) is 5.32 Å². The van der Waals surface area contributed by atoms with Crippen LogP contribution in [0.5, 0.6) is 0 Å².